The lowest BCUT2D eigenvalue weighted by atomic mass is 10.1. The van der Waals surface area contributed by atoms with E-state index in [4.69, 9.17) is 9.15 Å². The summed E-state index contributed by atoms with van der Waals surface area (Å²) in [5.74, 6) is 0.608. The van der Waals surface area contributed by atoms with Gasteiger partial charge in [-0.05, 0) is 37.6 Å². The summed E-state index contributed by atoms with van der Waals surface area (Å²) in [6.45, 7) is 4.19. The fraction of sp³-hybridized carbons (Fsp3) is 0.182. The van der Waals surface area contributed by atoms with Crippen LogP contribution in [0.4, 0.5) is 11.7 Å². The van der Waals surface area contributed by atoms with Crippen molar-refractivity contribution < 1.29 is 9.15 Å². The van der Waals surface area contributed by atoms with Crippen LogP contribution in [0.2, 0.25) is 0 Å². The monoisotopic (exact) mass is 390 g/mol. The second-order valence-electron chi connectivity index (χ2n) is 6.80. The van der Waals surface area contributed by atoms with Crippen LogP contribution in [0.1, 0.15) is 11.3 Å². The van der Waals surface area contributed by atoms with Gasteiger partial charge in [-0.2, -0.15) is 0 Å². The van der Waals surface area contributed by atoms with Gasteiger partial charge in [0, 0.05) is 24.6 Å². The molecular weight excluding hydrogens is 368 g/mol. The number of hydrogen-bond donors (Lipinski definition) is 1. The normalized spacial score (nSPS) is 11.0. The molecule has 1 N–H and O–H groups in total. The first kappa shape index (κ1) is 18.8. The molecule has 0 atom stereocenters. The third kappa shape index (κ3) is 3.72. The van der Waals surface area contributed by atoms with Gasteiger partial charge in [0.05, 0.1) is 17.6 Å². The fourth-order valence-electron chi connectivity index (χ4n) is 3.26. The Labute approximate surface area is 168 Å². The molecule has 29 heavy (non-hydrogen) atoms. The van der Waals surface area contributed by atoms with E-state index in [9.17, 15) is 4.79 Å². The van der Waals surface area contributed by atoms with E-state index < -0.39 is 0 Å². The average molecular weight is 390 g/mol. The largest absolute Gasteiger partial charge is 0.423 e. The number of ether oxygens (including phenoxy) is 1. The summed E-state index contributed by atoms with van der Waals surface area (Å²) in [5, 5.41) is 0. The van der Waals surface area contributed by atoms with Crippen LogP contribution < -0.4 is 10.6 Å². The van der Waals surface area contributed by atoms with Crippen LogP contribution in [0.3, 0.4) is 0 Å². The third-order valence-electron chi connectivity index (χ3n) is 4.64. The first-order chi connectivity index (χ1) is 14.1. The Balaban J connectivity index is 1.70. The fourth-order valence-corrected chi connectivity index (χ4v) is 3.26. The molecule has 0 saturated carbocycles. The number of aromatic amines is 1. The highest BCUT2D eigenvalue weighted by atomic mass is 16.5. The highest BCUT2D eigenvalue weighted by molar-refractivity contribution is 5.64. The van der Waals surface area contributed by atoms with Crippen molar-refractivity contribution in [1.29, 1.82) is 0 Å². The molecule has 2 aromatic carbocycles. The molecule has 7 heteroatoms. The van der Waals surface area contributed by atoms with Gasteiger partial charge in [-0.25, -0.2) is 9.78 Å². The Hall–Kier alpha value is -3.58. The minimum Gasteiger partial charge on any atom is -0.423 e. The number of aryl methyl sites for hydroxylation is 2. The zero-order valence-electron chi connectivity index (χ0n) is 16.5. The van der Waals surface area contributed by atoms with Crippen molar-refractivity contribution in [2.45, 2.75) is 13.8 Å². The lowest BCUT2D eigenvalue weighted by molar-refractivity contribution is 0.202. The standard InChI is InChI=1S/C22H22N4O3/c1-15-7-4-5-10-19(15)26(14-28-3)22-23-12-20(29-22)17-8-6-9-18(11-17)25-13-16(2)24-21(25)27/h4-13H,14H2,1-3H3,(H,24,27). The molecule has 0 bridgehead atoms. The number of hydrogen-bond acceptors (Lipinski definition) is 5. The molecule has 0 fully saturated rings. The van der Waals surface area contributed by atoms with Gasteiger partial charge in [0.2, 0.25) is 0 Å². The van der Waals surface area contributed by atoms with Crippen LogP contribution in [0.5, 0.6) is 0 Å². The second kappa shape index (κ2) is 7.81. The predicted octanol–water partition coefficient (Wildman–Crippen LogP) is 4.18. The second-order valence-corrected chi connectivity index (χ2v) is 6.80. The zero-order valence-corrected chi connectivity index (χ0v) is 16.5. The van der Waals surface area contributed by atoms with Crippen LogP contribution >= 0.6 is 0 Å². The van der Waals surface area contributed by atoms with E-state index in [0.29, 0.717) is 18.5 Å². The number of H-pyrrole nitrogens is 1. The van der Waals surface area contributed by atoms with Gasteiger partial charge < -0.3 is 14.1 Å². The van der Waals surface area contributed by atoms with Crippen LogP contribution in [-0.4, -0.2) is 28.4 Å². The van der Waals surface area contributed by atoms with Gasteiger partial charge in [0.25, 0.3) is 0 Å². The molecule has 4 rings (SSSR count). The van der Waals surface area contributed by atoms with Gasteiger partial charge in [-0.1, -0.05) is 30.3 Å². The Morgan fingerprint density at radius 1 is 1.17 bits per heavy atom. The quantitative estimate of drug-likeness (QED) is 0.500. The summed E-state index contributed by atoms with van der Waals surface area (Å²) in [7, 11) is 1.63. The molecule has 0 spiro atoms. The van der Waals surface area contributed by atoms with E-state index in [-0.39, 0.29) is 5.69 Å². The highest BCUT2D eigenvalue weighted by Gasteiger charge is 2.18. The summed E-state index contributed by atoms with van der Waals surface area (Å²) in [6, 6.07) is 16.0. The van der Waals surface area contributed by atoms with Crippen molar-refractivity contribution in [2.75, 3.05) is 18.7 Å². The van der Waals surface area contributed by atoms with Crippen LogP contribution in [0, 0.1) is 13.8 Å². The van der Waals surface area contributed by atoms with Crippen LogP contribution in [-0.2, 0) is 4.74 Å². The van der Waals surface area contributed by atoms with Gasteiger partial charge in [0.15, 0.2) is 5.76 Å². The molecule has 0 saturated heterocycles. The number of benzene rings is 2. The molecule has 2 heterocycles. The summed E-state index contributed by atoms with van der Waals surface area (Å²) in [6.07, 6.45) is 3.45. The molecular formula is C22H22N4O3. The number of para-hydroxylation sites is 1. The number of anilines is 2. The van der Waals surface area contributed by atoms with Gasteiger partial charge in [-0.15, -0.1) is 0 Å². The maximum absolute atomic E-state index is 12.1. The molecule has 0 unspecified atom stereocenters. The summed E-state index contributed by atoms with van der Waals surface area (Å²) >= 11 is 0. The first-order valence-electron chi connectivity index (χ1n) is 9.24. The summed E-state index contributed by atoms with van der Waals surface area (Å²) < 4.78 is 13.0. The maximum atomic E-state index is 12.1. The van der Waals surface area contributed by atoms with Crippen molar-refractivity contribution in [1.82, 2.24) is 14.5 Å². The topological polar surface area (TPSA) is 76.3 Å². The number of methoxy groups -OCH3 is 1. The molecule has 0 aliphatic rings. The molecule has 0 aliphatic carbocycles. The zero-order chi connectivity index (χ0) is 20.4. The minimum absolute atomic E-state index is 0.177. The van der Waals surface area contributed by atoms with Crippen molar-refractivity contribution in [3.63, 3.8) is 0 Å². The highest BCUT2D eigenvalue weighted by Crippen LogP contribution is 2.31. The van der Waals surface area contributed by atoms with Crippen molar-refractivity contribution in [3.8, 4) is 17.0 Å². The van der Waals surface area contributed by atoms with E-state index in [0.717, 1.165) is 28.2 Å². The summed E-state index contributed by atoms with van der Waals surface area (Å²) in [4.78, 5) is 21.2. The van der Waals surface area contributed by atoms with E-state index in [1.54, 1.807) is 24.1 Å². The number of rotatable bonds is 6. The number of aromatic nitrogens is 3. The molecule has 2 aromatic heterocycles. The molecule has 4 aromatic rings. The lowest BCUT2D eigenvalue weighted by Gasteiger charge is -2.21. The number of nitrogens with one attached hydrogen (secondary N) is 1. The van der Waals surface area contributed by atoms with Crippen LogP contribution in [0.25, 0.3) is 17.0 Å². The molecule has 0 amide bonds. The Bertz CT molecular complexity index is 1190. The Morgan fingerprint density at radius 2 is 2.00 bits per heavy atom. The van der Waals surface area contributed by atoms with Crippen molar-refractivity contribution in [3.05, 3.63) is 82.7 Å². The van der Waals surface area contributed by atoms with E-state index in [1.807, 2.05) is 67.3 Å². The minimum atomic E-state index is -0.177. The molecule has 7 nitrogen and oxygen atoms in total. The van der Waals surface area contributed by atoms with E-state index in [2.05, 4.69) is 9.97 Å². The molecule has 0 radical (unpaired) electrons. The SMILES string of the molecule is COCN(c1ncc(-c2cccc(-n3cc(C)[nH]c3=O)c2)o1)c1ccccc1C. The van der Waals surface area contributed by atoms with Crippen LogP contribution in [0.15, 0.2) is 70.1 Å². The van der Waals surface area contributed by atoms with Gasteiger partial charge >= 0.3 is 11.7 Å². The smallest absolute Gasteiger partial charge is 0.330 e. The number of imidazole rings is 1. The van der Waals surface area contributed by atoms with E-state index in [1.165, 1.54) is 0 Å². The van der Waals surface area contributed by atoms with Gasteiger partial charge in [-0.3, -0.25) is 9.47 Å². The van der Waals surface area contributed by atoms with Crippen molar-refractivity contribution >= 4 is 11.7 Å². The Kier molecular flexibility index (Phi) is 5.05. The van der Waals surface area contributed by atoms with Gasteiger partial charge in [0.1, 0.15) is 6.73 Å². The Morgan fingerprint density at radius 3 is 2.72 bits per heavy atom. The number of oxazole rings is 1. The number of nitrogens with zero attached hydrogens (tertiary/aromatic N) is 3. The first-order valence-corrected chi connectivity index (χ1v) is 9.24. The third-order valence-corrected chi connectivity index (χ3v) is 4.64. The average Bonchev–Trinajstić information content (AvgIpc) is 3.33. The predicted molar refractivity (Wildman–Crippen MR) is 112 cm³/mol. The lowest BCUT2D eigenvalue weighted by Crippen LogP contribution is -2.20. The summed E-state index contributed by atoms with van der Waals surface area (Å²) in [5.41, 5.74) is 4.26. The molecule has 148 valence electrons. The van der Waals surface area contributed by atoms with E-state index >= 15 is 0 Å². The maximum Gasteiger partial charge on any atom is 0.330 e. The van der Waals surface area contributed by atoms with Crippen molar-refractivity contribution in [2.24, 2.45) is 0 Å². The molecule has 0 aliphatic heterocycles.